The van der Waals surface area contributed by atoms with E-state index in [0.29, 0.717) is 28.0 Å². The van der Waals surface area contributed by atoms with Crippen molar-refractivity contribution in [3.05, 3.63) is 63.1 Å². The molecule has 0 radical (unpaired) electrons. The van der Waals surface area contributed by atoms with Gasteiger partial charge in [-0.3, -0.25) is 4.79 Å². The van der Waals surface area contributed by atoms with Gasteiger partial charge in [-0.15, -0.1) is 0 Å². The lowest BCUT2D eigenvalue weighted by Gasteiger charge is -2.18. The van der Waals surface area contributed by atoms with Crippen LogP contribution in [-0.4, -0.2) is 43.1 Å². The third-order valence-electron chi connectivity index (χ3n) is 3.77. The van der Waals surface area contributed by atoms with E-state index < -0.39 is 17.9 Å². The Bertz CT molecular complexity index is 850. The molecular formula is C20H20Cl3NO4S. The summed E-state index contributed by atoms with van der Waals surface area (Å²) in [7, 11) is 0. The number of ether oxygens (including phenoxy) is 2. The summed E-state index contributed by atoms with van der Waals surface area (Å²) < 4.78 is 10.8. The number of hydrogen-bond donors (Lipinski definition) is 1. The molecule has 156 valence electrons. The van der Waals surface area contributed by atoms with Crippen LogP contribution in [0.25, 0.3) is 0 Å². The minimum absolute atomic E-state index is 0.0404. The van der Waals surface area contributed by atoms with Crippen molar-refractivity contribution in [3.8, 4) is 5.75 Å². The quantitative estimate of drug-likeness (QED) is 0.381. The highest BCUT2D eigenvalue weighted by molar-refractivity contribution is 7.98. The first-order valence-electron chi connectivity index (χ1n) is 8.70. The normalized spacial score (nSPS) is 11.6. The lowest BCUT2D eigenvalue weighted by molar-refractivity contribution is -0.146. The summed E-state index contributed by atoms with van der Waals surface area (Å²) in [5.41, 5.74) is 0.238. The maximum absolute atomic E-state index is 12.5. The molecule has 0 spiro atoms. The van der Waals surface area contributed by atoms with Crippen LogP contribution in [0, 0.1) is 0 Å². The zero-order valence-electron chi connectivity index (χ0n) is 15.6. The van der Waals surface area contributed by atoms with Crippen LogP contribution in [0.3, 0.4) is 0 Å². The Morgan fingerprint density at radius 2 is 1.83 bits per heavy atom. The van der Waals surface area contributed by atoms with Crippen molar-refractivity contribution in [2.75, 3.05) is 25.2 Å². The molecule has 0 aromatic heterocycles. The van der Waals surface area contributed by atoms with Crippen LogP contribution in [0.15, 0.2) is 42.5 Å². The van der Waals surface area contributed by atoms with Crippen LogP contribution < -0.4 is 10.1 Å². The number of amides is 1. The lowest BCUT2D eigenvalue weighted by Crippen LogP contribution is -2.42. The molecule has 2 aromatic rings. The van der Waals surface area contributed by atoms with Crippen molar-refractivity contribution in [2.24, 2.45) is 0 Å². The third kappa shape index (κ3) is 7.97. The van der Waals surface area contributed by atoms with E-state index in [1.54, 1.807) is 42.1 Å². The molecule has 1 amide bonds. The maximum atomic E-state index is 12.5. The Kier molecular flexibility index (Phi) is 9.94. The van der Waals surface area contributed by atoms with Crippen molar-refractivity contribution in [3.63, 3.8) is 0 Å². The average Bonchev–Trinajstić information content (AvgIpc) is 2.68. The van der Waals surface area contributed by atoms with E-state index in [0.717, 1.165) is 0 Å². The Morgan fingerprint density at radius 1 is 1.07 bits per heavy atom. The molecule has 2 aromatic carbocycles. The number of carbonyl (C=O) groups is 2. The van der Waals surface area contributed by atoms with E-state index in [4.69, 9.17) is 44.3 Å². The number of halogens is 3. The fourth-order valence-corrected chi connectivity index (χ4v) is 3.50. The average molecular weight is 477 g/mol. The summed E-state index contributed by atoms with van der Waals surface area (Å²) in [6.07, 6.45) is 2.34. The summed E-state index contributed by atoms with van der Waals surface area (Å²) in [6.45, 7) is 0.205. The molecule has 5 nitrogen and oxygen atoms in total. The first-order valence-corrected chi connectivity index (χ1v) is 11.2. The number of hydrogen-bond acceptors (Lipinski definition) is 5. The molecule has 29 heavy (non-hydrogen) atoms. The minimum Gasteiger partial charge on any atom is -0.490 e. The van der Waals surface area contributed by atoms with Crippen molar-refractivity contribution in [2.45, 2.75) is 12.5 Å². The van der Waals surface area contributed by atoms with E-state index in [1.165, 1.54) is 12.1 Å². The molecule has 1 unspecified atom stereocenters. The van der Waals surface area contributed by atoms with Crippen LogP contribution in [-0.2, 0) is 9.53 Å². The molecule has 0 saturated carbocycles. The predicted octanol–water partition coefficient (Wildman–Crippen LogP) is 5.12. The van der Waals surface area contributed by atoms with E-state index >= 15 is 0 Å². The monoisotopic (exact) mass is 475 g/mol. The van der Waals surface area contributed by atoms with E-state index in [1.807, 2.05) is 6.26 Å². The van der Waals surface area contributed by atoms with Gasteiger partial charge in [-0.05, 0) is 54.8 Å². The van der Waals surface area contributed by atoms with E-state index in [-0.39, 0.29) is 23.8 Å². The smallest absolute Gasteiger partial charge is 0.328 e. The highest BCUT2D eigenvalue weighted by Crippen LogP contribution is 2.21. The predicted molar refractivity (Wildman–Crippen MR) is 119 cm³/mol. The first-order chi connectivity index (χ1) is 13.9. The number of benzene rings is 2. The molecule has 0 saturated heterocycles. The molecule has 0 heterocycles. The van der Waals surface area contributed by atoms with Gasteiger partial charge in [0.1, 0.15) is 25.0 Å². The summed E-state index contributed by atoms with van der Waals surface area (Å²) in [5, 5.41) is 3.87. The highest BCUT2D eigenvalue weighted by Gasteiger charge is 2.23. The van der Waals surface area contributed by atoms with Crippen molar-refractivity contribution in [1.29, 1.82) is 0 Å². The van der Waals surface area contributed by atoms with Gasteiger partial charge in [-0.2, -0.15) is 11.8 Å². The Morgan fingerprint density at radius 3 is 2.52 bits per heavy atom. The van der Waals surface area contributed by atoms with E-state index in [2.05, 4.69) is 5.32 Å². The largest absolute Gasteiger partial charge is 0.490 e. The fraction of sp³-hybridized carbons (Fsp3) is 0.300. The molecule has 9 heteroatoms. The molecule has 1 N–H and O–H groups in total. The van der Waals surface area contributed by atoms with Gasteiger partial charge in [0, 0.05) is 10.0 Å². The van der Waals surface area contributed by atoms with Gasteiger partial charge >= 0.3 is 5.97 Å². The maximum Gasteiger partial charge on any atom is 0.328 e. The third-order valence-corrected chi connectivity index (χ3v) is 5.20. The second-order valence-corrected chi connectivity index (χ2v) is 8.17. The Labute approximate surface area is 189 Å². The number of nitrogens with one attached hydrogen (secondary N) is 1. The number of carbonyl (C=O) groups excluding carboxylic acids is 2. The topological polar surface area (TPSA) is 64.6 Å². The molecule has 0 bridgehead atoms. The summed E-state index contributed by atoms with van der Waals surface area (Å²) in [6, 6.07) is 10.7. The zero-order chi connectivity index (χ0) is 21.2. The highest BCUT2D eigenvalue weighted by atomic mass is 35.5. The minimum atomic E-state index is -0.798. The van der Waals surface area contributed by atoms with Gasteiger partial charge in [-0.1, -0.05) is 40.9 Å². The van der Waals surface area contributed by atoms with Crippen molar-refractivity contribution in [1.82, 2.24) is 5.32 Å². The molecule has 0 aliphatic carbocycles. The number of esters is 1. The van der Waals surface area contributed by atoms with Crippen molar-refractivity contribution >= 4 is 58.4 Å². The summed E-state index contributed by atoms with van der Waals surface area (Å²) >= 11 is 19.4. The van der Waals surface area contributed by atoms with Gasteiger partial charge in [0.15, 0.2) is 0 Å². The Balaban J connectivity index is 1.90. The second kappa shape index (κ2) is 12.2. The van der Waals surface area contributed by atoms with Crippen LogP contribution in [0.1, 0.15) is 16.8 Å². The lowest BCUT2D eigenvalue weighted by atomic mass is 10.1. The molecule has 2 rings (SSSR count). The zero-order valence-corrected chi connectivity index (χ0v) is 18.7. The SMILES string of the molecule is CSCCC(NC(=O)c1ccc(Cl)cc1Cl)C(=O)OCCOc1cccc(Cl)c1. The second-order valence-electron chi connectivity index (χ2n) is 5.91. The number of thioether (sulfide) groups is 1. The molecule has 0 aliphatic heterocycles. The van der Waals surface area contributed by atoms with Gasteiger partial charge in [-0.25, -0.2) is 4.79 Å². The van der Waals surface area contributed by atoms with Crippen molar-refractivity contribution < 1.29 is 19.1 Å². The Hall–Kier alpha value is -1.60. The summed E-state index contributed by atoms with van der Waals surface area (Å²) in [5.74, 6) is 0.253. The van der Waals surface area contributed by atoms with Gasteiger partial charge in [0.05, 0.1) is 10.6 Å². The van der Waals surface area contributed by atoms with E-state index in [9.17, 15) is 9.59 Å². The van der Waals surface area contributed by atoms with Crippen LogP contribution in [0.4, 0.5) is 0 Å². The molecule has 0 aliphatic rings. The van der Waals surface area contributed by atoms with Gasteiger partial charge in [0.2, 0.25) is 0 Å². The first kappa shape index (κ1) is 23.7. The standard InChI is InChI=1S/C20H20Cl3NO4S/c1-29-10-7-18(24-19(25)16-6-5-14(22)12-17(16)23)20(26)28-9-8-27-15-4-2-3-13(21)11-15/h2-6,11-12,18H,7-10H2,1H3,(H,24,25). The fourth-order valence-electron chi connectivity index (χ4n) is 2.35. The number of rotatable bonds is 10. The summed E-state index contributed by atoms with van der Waals surface area (Å²) in [4.78, 5) is 25.0. The van der Waals surface area contributed by atoms with Gasteiger partial charge < -0.3 is 14.8 Å². The van der Waals surface area contributed by atoms with Gasteiger partial charge in [0.25, 0.3) is 5.91 Å². The molecular weight excluding hydrogens is 457 g/mol. The van der Waals surface area contributed by atoms with Crippen LogP contribution in [0.2, 0.25) is 15.1 Å². The molecule has 1 atom stereocenters. The van der Waals surface area contributed by atoms with Crippen LogP contribution in [0.5, 0.6) is 5.75 Å². The molecule has 0 fully saturated rings. The van der Waals surface area contributed by atoms with Crippen LogP contribution >= 0.6 is 46.6 Å².